The molecular formula is C55H34N2OS2. The van der Waals surface area contributed by atoms with Crippen molar-refractivity contribution in [1.29, 1.82) is 0 Å². The second-order valence-electron chi connectivity index (χ2n) is 15.1. The Labute approximate surface area is 354 Å². The molecular weight excluding hydrogens is 769 g/mol. The van der Waals surface area contributed by atoms with Gasteiger partial charge in [0.1, 0.15) is 16.2 Å². The predicted molar refractivity (Wildman–Crippen MR) is 256 cm³/mol. The molecule has 0 aliphatic rings. The smallest absolute Gasteiger partial charge is 0.136 e. The lowest BCUT2D eigenvalue weighted by molar-refractivity contribution is 0.669. The lowest BCUT2D eigenvalue weighted by atomic mass is 9.98. The fourth-order valence-corrected chi connectivity index (χ4v) is 11.1. The molecule has 3 heterocycles. The van der Waals surface area contributed by atoms with Gasteiger partial charge in [0.2, 0.25) is 0 Å². The van der Waals surface area contributed by atoms with Crippen molar-refractivity contribution in [3.8, 4) is 44.0 Å². The van der Waals surface area contributed by atoms with Gasteiger partial charge in [-0.15, -0.1) is 22.7 Å². The van der Waals surface area contributed by atoms with Crippen LogP contribution in [-0.4, -0.2) is 4.98 Å². The van der Waals surface area contributed by atoms with Crippen molar-refractivity contribution >= 4 is 92.1 Å². The van der Waals surface area contributed by atoms with Gasteiger partial charge in [0.25, 0.3) is 0 Å². The third kappa shape index (κ3) is 5.82. The second-order valence-corrected chi connectivity index (χ2v) is 17.2. The van der Waals surface area contributed by atoms with Crippen LogP contribution < -0.4 is 4.90 Å². The van der Waals surface area contributed by atoms with E-state index in [0.717, 1.165) is 77.3 Å². The van der Waals surface area contributed by atoms with Gasteiger partial charge >= 0.3 is 0 Å². The van der Waals surface area contributed by atoms with Crippen LogP contribution in [0, 0.1) is 0 Å². The van der Waals surface area contributed by atoms with Crippen molar-refractivity contribution < 1.29 is 4.42 Å². The van der Waals surface area contributed by atoms with Gasteiger partial charge in [0.05, 0.1) is 10.2 Å². The van der Waals surface area contributed by atoms with Gasteiger partial charge in [0.15, 0.2) is 0 Å². The van der Waals surface area contributed by atoms with Crippen LogP contribution in [0.1, 0.15) is 0 Å². The Morgan fingerprint density at radius 1 is 0.383 bits per heavy atom. The molecule has 0 atom stereocenters. The van der Waals surface area contributed by atoms with Crippen molar-refractivity contribution in [3.63, 3.8) is 0 Å². The summed E-state index contributed by atoms with van der Waals surface area (Å²) in [4.78, 5) is 7.72. The first-order valence-corrected chi connectivity index (χ1v) is 21.7. The lowest BCUT2D eigenvalue weighted by Gasteiger charge is -2.26. The maximum atomic E-state index is 6.30. The number of rotatable bonds is 7. The quantitative estimate of drug-likeness (QED) is 0.161. The van der Waals surface area contributed by atoms with E-state index in [0.29, 0.717) is 0 Å². The molecule has 5 heteroatoms. The summed E-state index contributed by atoms with van der Waals surface area (Å²) in [6, 6.07) is 73.7. The van der Waals surface area contributed by atoms with Crippen LogP contribution in [-0.2, 0) is 0 Å². The average molecular weight is 803 g/mol. The Kier molecular flexibility index (Phi) is 8.22. The van der Waals surface area contributed by atoms with E-state index in [4.69, 9.17) is 9.40 Å². The van der Waals surface area contributed by atoms with Crippen LogP contribution in [0.5, 0.6) is 0 Å². The molecule has 0 saturated heterocycles. The van der Waals surface area contributed by atoms with Crippen molar-refractivity contribution in [1.82, 2.24) is 4.98 Å². The normalized spacial score (nSPS) is 11.7. The number of thiophene rings is 1. The van der Waals surface area contributed by atoms with Crippen LogP contribution in [0.3, 0.4) is 0 Å². The minimum atomic E-state index is 0.891. The van der Waals surface area contributed by atoms with E-state index in [1.165, 1.54) is 36.0 Å². The number of benzene rings is 9. The first-order valence-electron chi connectivity index (χ1n) is 20.1. The summed E-state index contributed by atoms with van der Waals surface area (Å²) in [5, 5.41) is 5.88. The minimum Gasteiger partial charge on any atom is -0.456 e. The molecule has 0 spiro atoms. The van der Waals surface area contributed by atoms with Crippen LogP contribution in [0.4, 0.5) is 17.1 Å². The molecule has 3 nitrogen and oxygen atoms in total. The summed E-state index contributed by atoms with van der Waals surface area (Å²) >= 11 is 3.65. The molecule has 0 radical (unpaired) electrons. The molecule has 0 N–H and O–H groups in total. The van der Waals surface area contributed by atoms with Crippen molar-refractivity contribution in [3.05, 3.63) is 206 Å². The zero-order chi connectivity index (χ0) is 39.6. The monoisotopic (exact) mass is 802 g/mol. The Morgan fingerprint density at radius 3 is 1.78 bits per heavy atom. The van der Waals surface area contributed by atoms with Crippen molar-refractivity contribution in [2.24, 2.45) is 0 Å². The molecule has 12 aromatic rings. The van der Waals surface area contributed by atoms with E-state index in [1.807, 2.05) is 23.5 Å². The molecule has 0 amide bonds. The van der Waals surface area contributed by atoms with Crippen molar-refractivity contribution in [2.45, 2.75) is 0 Å². The SMILES string of the molecule is c1ccc(-c2ccc(N(c3ccc(-c4cc5sc6ccccc6c5c5sc(-c6ccccc6)nc45)cc3)c3cccc(-c4cccc5oc6ccccc6c45)c3)cc2)cc1. The van der Waals surface area contributed by atoms with Gasteiger partial charge in [-0.25, -0.2) is 4.98 Å². The van der Waals surface area contributed by atoms with Crippen LogP contribution in [0.2, 0.25) is 0 Å². The number of furan rings is 1. The van der Waals surface area contributed by atoms with E-state index < -0.39 is 0 Å². The van der Waals surface area contributed by atoms with Gasteiger partial charge in [-0.2, -0.15) is 0 Å². The molecule has 3 aromatic heterocycles. The molecule has 12 rings (SSSR count). The highest BCUT2D eigenvalue weighted by atomic mass is 32.1. The number of aromatic nitrogens is 1. The highest BCUT2D eigenvalue weighted by molar-refractivity contribution is 7.28. The number of thiazole rings is 1. The van der Waals surface area contributed by atoms with Gasteiger partial charge in [-0.1, -0.05) is 146 Å². The standard InChI is InChI=1S/C55H34N2OS2/c1-3-13-35(14-4-1)36-25-29-40(30-26-36)57(42-18-11-17-39(33-42)43-21-12-23-48-51(43)44-19-7-9-22-47(44)58-48)41-31-27-37(28-32-41)46-34-50-52(45-20-8-10-24-49(45)59-50)54-53(46)56-55(60-54)38-15-5-2-6-16-38/h1-34H. The summed E-state index contributed by atoms with van der Waals surface area (Å²) in [7, 11) is 0. The molecule has 0 aliphatic carbocycles. The molecule has 0 bridgehead atoms. The lowest BCUT2D eigenvalue weighted by Crippen LogP contribution is -2.10. The van der Waals surface area contributed by atoms with Crippen LogP contribution in [0.25, 0.3) is 96.3 Å². The minimum absolute atomic E-state index is 0.891. The third-order valence-corrected chi connectivity index (χ3v) is 13.8. The first-order chi connectivity index (χ1) is 29.7. The summed E-state index contributed by atoms with van der Waals surface area (Å²) in [6.45, 7) is 0. The van der Waals surface area contributed by atoms with E-state index in [2.05, 4.69) is 199 Å². The zero-order valence-corrected chi connectivity index (χ0v) is 33.9. The Morgan fingerprint density at radius 2 is 1.00 bits per heavy atom. The fraction of sp³-hybridized carbons (Fsp3) is 0. The van der Waals surface area contributed by atoms with Crippen LogP contribution >= 0.6 is 22.7 Å². The summed E-state index contributed by atoms with van der Waals surface area (Å²) < 4.78 is 10.1. The number of anilines is 3. The molecule has 0 saturated carbocycles. The Balaban J connectivity index is 1.01. The molecule has 0 aliphatic heterocycles. The Bertz CT molecular complexity index is 3530. The maximum absolute atomic E-state index is 6.30. The van der Waals surface area contributed by atoms with Crippen molar-refractivity contribution in [2.75, 3.05) is 4.90 Å². The largest absolute Gasteiger partial charge is 0.456 e. The van der Waals surface area contributed by atoms with E-state index in [9.17, 15) is 0 Å². The van der Waals surface area contributed by atoms with Gasteiger partial charge in [-0.05, 0) is 88.5 Å². The maximum Gasteiger partial charge on any atom is 0.136 e. The van der Waals surface area contributed by atoms with Gasteiger partial charge < -0.3 is 9.32 Å². The average Bonchev–Trinajstić information content (AvgIpc) is 4.04. The zero-order valence-electron chi connectivity index (χ0n) is 32.2. The number of hydrogen-bond donors (Lipinski definition) is 0. The topological polar surface area (TPSA) is 29.3 Å². The first kappa shape index (κ1) is 34.7. The highest BCUT2D eigenvalue weighted by Crippen LogP contribution is 2.47. The predicted octanol–water partition coefficient (Wildman–Crippen LogP) is 16.7. The summed E-state index contributed by atoms with van der Waals surface area (Å²) in [5.74, 6) is 0. The third-order valence-electron chi connectivity index (χ3n) is 11.5. The summed E-state index contributed by atoms with van der Waals surface area (Å²) in [6.07, 6.45) is 0. The number of fused-ring (bicyclic) bond motifs is 8. The van der Waals surface area contributed by atoms with Gasteiger partial charge in [-0.3, -0.25) is 0 Å². The number of hydrogen-bond acceptors (Lipinski definition) is 5. The molecule has 0 unspecified atom stereocenters. The van der Waals surface area contributed by atoms with E-state index in [1.54, 1.807) is 11.3 Å². The summed E-state index contributed by atoms with van der Waals surface area (Å²) in [5.41, 5.74) is 14.1. The van der Waals surface area contributed by atoms with Gasteiger partial charge in [0, 0.05) is 59.1 Å². The molecule has 9 aromatic carbocycles. The second kappa shape index (κ2) is 14.2. The molecule has 282 valence electrons. The fourth-order valence-electron chi connectivity index (χ4n) is 8.69. The Hall–Kier alpha value is -7.31. The number of para-hydroxylation sites is 1. The van der Waals surface area contributed by atoms with Crippen LogP contribution in [0.15, 0.2) is 211 Å². The number of nitrogens with zero attached hydrogens (tertiary/aromatic N) is 2. The van der Waals surface area contributed by atoms with E-state index >= 15 is 0 Å². The molecule has 0 fully saturated rings. The highest BCUT2D eigenvalue weighted by Gasteiger charge is 2.20. The molecule has 60 heavy (non-hydrogen) atoms. The van der Waals surface area contributed by atoms with E-state index in [-0.39, 0.29) is 0 Å².